The highest BCUT2D eigenvalue weighted by Gasteiger charge is 2.62. The van der Waals surface area contributed by atoms with Crippen LogP contribution in [0.2, 0.25) is 5.28 Å². The molecule has 0 amide bonds. The topological polar surface area (TPSA) is 51.1 Å². The predicted molar refractivity (Wildman–Crippen MR) is 85.8 cm³/mol. The number of hydrogen-bond acceptors (Lipinski definition) is 5. The van der Waals surface area contributed by atoms with Crippen LogP contribution in [-0.4, -0.2) is 39.1 Å². The first-order chi connectivity index (χ1) is 13.0. The van der Waals surface area contributed by atoms with Gasteiger partial charge in [0.05, 0.1) is 6.54 Å². The Bertz CT molecular complexity index is 726. The van der Waals surface area contributed by atoms with Crippen LogP contribution in [0.3, 0.4) is 0 Å². The van der Waals surface area contributed by atoms with Gasteiger partial charge in [-0.25, -0.2) is 0 Å². The van der Waals surface area contributed by atoms with E-state index < -0.39 is 41.4 Å². The molecule has 4 bridgehead atoms. The van der Waals surface area contributed by atoms with Gasteiger partial charge in [-0.15, -0.1) is 0 Å². The fourth-order valence-corrected chi connectivity index (χ4v) is 5.76. The van der Waals surface area contributed by atoms with E-state index in [9.17, 15) is 26.5 Å². The number of halogens is 7. The largest absolute Gasteiger partial charge is 0.455 e. The average molecular weight is 431 g/mol. The minimum absolute atomic E-state index is 0.252. The zero-order valence-corrected chi connectivity index (χ0v) is 15.3. The molecule has 0 N–H and O–H groups in total. The van der Waals surface area contributed by atoms with E-state index in [1.54, 1.807) is 0 Å². The number of hydrogen-bond donors (Lipinski definition) is 0. The van der Waals surface area contributed by atoms with E-state index in [0.29, 0.717) is 19.3 Å². The van der Waals surface area contributed by atoms with Crippen molar-refractivity contribution in [2.45, 2.75) is 56.2 Å². The van der Waals surface area contributed by atoms with Crippen LogP contribution in [-0.2, 0) is 0 Å². The van der Waals surface area contributed by atoms with Crippen molar-refractivity contribution in [2.24, 2.45) is 17.8 Å². The quantitative estimate of drug-likeness (QED) is 0.630. The van der Waals surface area contributed by atoms with E-state index in [-0.39, 0.29) is 17.8 Å². The number of anilines is 1. The Kier molecular flexibility index (Phi) is 4.59. The smallest absolute Gasteiger partial charge is 0.328 e. The molecule has 1 heterocycles. The first kappa shape index (κ1) is 19.8. The molecule has 156 valence electrons. The molecular weight excluding hydrogens is 414 g/mol. The minimum Gasteiger partial charge on any atom is -0.328 e. The van der Waals surface area contributed by atoms with E-state index in [2.05, 4.69) is 19.9 Å². The Hall–Kier alpha value is -1.52. The van der Waals surface area contributed by atoms with E-state index in [1.165, 1.54) is 0 Å². The van der Waals surface area contributed by atoms with E-state index >= 15 is 0 Å². The van der Waals surface area contributed by atoms with Crippen LogP contribution >= 0.6 is 11.6 Å². The highest BCUT2D eigenvalue weighted by molar-refractivity contribution is 6.28. The lowest BCUT2D eigenvalue weighted by Crippen LogP contribution is -2.64. The number of aromatic nitrogens is 3. The van der Waals surface area contributed by atoms with E-state index in [1.807, 2.05) is 0 Å². The molecule has 12 heteroatoms. The Balaban J connectivity index is 1.77. The highest BCUT2D eigenvalue weighted by atomic mass is 35.5. The van der Waals surface area contributed by atoms with Crippen LogP contribution in [0.25, 0.3) is 0 Å². The van der Waals surface area contributed by atoms with Gasteiger partial charge in [0.25, 0.3) is 0 Å². The number of nitrogens with zero attached hydrogens (tertiary/aromatic N) is 4. The second-order valence-electron chi connectivity index (χ2n) is 8.19. The molecule has 5 rings (SSSR count). The molecule has 0 radical (unpaired) electrons. The zero-order chi connectivity index (χ0) is 20.3. The van der Waals surface area contributed by atoms with Gasteiger partial charge < -0.3 is 4.90 Å². The van der Waals surface area contributed by atoms with Crippen LogP contribution < -0.4 is 9.84 Å². The van der Waals surface area contributed by atoms with Gasteiger partial charge in [0.2, 0.25) is 11.2 Å². The molecule has 0 aromatic carbocycles. The van der Waals surface area contributed by atoms with Gasteiger partial charge in [-0.1, -0.05) is 0 Å². The van der Waals surface area contributed by atoms with Crippen LogP contribution in [0.4, 0.5) is 32.4 Å². The summed E-state index contributed by atoms with van der Waals surface area (Å²) < 4.78 is 79.6. The molecule has 1 aromatic heterocycles. The molecule has 0 saturated heterocycles. The van der Waals surface area contributed by atoms with Crippen molar-refractivity contribution >= 4 is 17.5 Å². The Morgan fingerprint density at radius 2 is 1.50 bits per heavy atom. The summed E-state index contributed by atoms with van der Waals surface area (Å²) in [6.45, 7) is -1.67. The summed E-state index contributed by atoms with van der Waals surface area (Å²) >= 11 is 5.70. The highest BCUT2D eigenvalue weighted by Crippen LogP contribution is 2.58. The standard InChI is InChI=1S/C16H17ClF6N4O/c17-11-24-12(26-13(25-11)28-23)27(7-15(18,19)16(20,21)22)14-4-8-1-9(5-14)3-10(2-8)6-14/h8-10H,1-7H2. The fourth-order valence-electron chi connectivity index (χ4n) is 5.61. The lowest BCUT2D eigenvalue weighted by atomic mass is 9.52. The van der Waals surface area contributed by atoms with Crippen LogP contribution in [0.1, 0.15) is 38.5 Å². The molecule has 4 fully saturated rings. The van der Waals surface area contributed by atoms with E-state index in [0.717, 1.165) is 24.2 Å². The van der Waals surface area contributed by atoms with Gasteiger partial charge in [-0.3, -0.25) is 4.94 Å². The number of rotatable bonds is 5. The third-order valence-corrected chi connectivity index (χ3v) is 6.41. The normalized spacial score (nSPS) is 31.9. The van der Waals surface area contributed by atoms with Gasteiger partial charge in [0, 0.05) is 10.1 Å². The van der Waals surface area contributed by atoms with Gasteiger partial charge in [-0.05, 0) is 67.9 Å². The third-order valence-electron chi connectivity index (χ3n) is 6.24. The van der Waals surface area contributed by atoms with Gasteiger partial charge in [0.15, 0.2) is 0 Å². The van der Waals surface area contributed by atoms with Crippen molar-refractivity contribution in [3.63, 3.8) is 0 Å². The maximum Gasteiger partial charge on any atom is 0.455 e. The molecule has 0 atom stereocenters. The summed E-state index contributed by atoms with van der Waals surface area (Å²) in [6, 6.07) is -0.889. The van der Waals surface area contributed by atoms with Crippen molar-refractivity contribution in [1.29, 1.82) is 0 Å². The summed E-state index contributed by atoms with van der Waals surface area (Å²) in [5, 5.41) is -0.553. The molecular formula is C16H17ClF6N4O. The number of alkyl halides is 5. The summed E-state index contributed by atoms with van der Waals surface area (Å²) in [5.41, 5.74) is -0.957. The first-order valence-corrected chi connectivity index (χ1v) is 9.31. The first-order valence-electron chi connectivity index (χ1n) is 8.94. The minimum atomic E-state index is -5.75. The molecule has 4 saturated carbocycles. The van der Waals surface area contributed by atoms with Crippen LogP contribution in [0.15, 0.2) is 0 Å². The second kappa shape index (κ2) is 6.50. The fraction of sp³-hybridized carbons (Fsp3) is 0.812. The lowest BCUT2D eigenvalue weighted by molar-refractivity contribution is -0.278. The molecule has 0 unspecified atom stereocenters. The lowest BCUT2D eigenvalue weighted by Gasteiger charge is -2.60. The zero-order valence-electron chi connectivity index (χ0n) is 14.5. The Morgan fingerprint density at radius 1 is 0.964 bits per heavy atom. The predicted octanol–water partition coefficient (Wildman–Crippen LogP) is 4.76. The van der Waals surface area contributed by atoms with Gasteiger partial charge >= 0.3 is 18.1 Å². The van der Waals surface area contributed by atoms with Crippen molar-refractivity contribution in [3.05, 3.63) is 5.28 Å². The Labute approximate surface area is 161 Å². The maximum atomic E-state index is 14.1. The third kappa shape index (κ3) is 3.35. The summed E-state index contributed by atoms with van der Waals surface area (Å²) in [6.07, 6.45) is -1.53. The molecule has 1 aromatic rings. The van der Waals surface area contributed by atoms with Gasteiger partial charge in [0.1, 0.15) is 0 Å². The second-order valence-corrected chi connectivity index (χ2v) is 8.53. The molecule has 0 aliphatic heterocycles. The molecule has 4 aliphatic carbocycles. The van der Waals surface area contributed by atoms with Crippen molar-refractivity contribution in [1.82, 2.24) is 15.0 Å². The summed E-state index contributed by atoms with van der Waals surface area (Å²) in [4.78, 5) is 15.0. The van der Waals surface area contributed by atoms with Crippen molar-refractivity contribution < 1.29 is 31.4 Å². The molecule has 5 nitrogen and oxygen atoms in total. The summed E-state index contributed by atoms with van der Waals surface area (Å²) in [7, 11) is 0. The van der Waals surface area contributed by atoms with Crippen molar-refractivity contribution in [3.8, 4) is 6.01 Å². The Morgan fingerprint density at radius 3 is 1.96 bits per heavy atom. The molecule has 4 aliphatic rings. The van der Waals surface area contributed by atoms with Crippen LogP contribution in [0, 0.1) is 17.8 Å². The molecule has 0 spiro atoms. The SMILES string of the molecule is FOc1nc(Cl)nc(N(CC(F)(F)C(F)(F)F)C23CC4CC(CC(C4)C2)C3)n1. The van der Waals surface area contributed by atoms with Crippen LogP contribution in [0.5, 0.6) is 6.01 Å². The summed E-state index contributed by atoms with van der Waals surface area (Å²) in [5.74, 6) is -4.78. The van der Waals surface area contributed by atoms with Gasteiger partial charge in [-0.2, -0.15) is 36.9 Å². The molecule has 28 heavy (non-hydrogen) atoms. The maximum absolute atomic E-state index is 14.1. The monoisotopic (exact) mass is 430 g/mol. The van der Waals surface area contributed by atoms with E-state index in [4.69, 9.17) is 11.6 Å². The average Bonchev–Trinajstić information content (AvgIpc) is 2.56. The van der Waals surface area contributed by atoms with Crippen molar-refractivity contribution in [2.75, 3.05) is 11.4 Å².